The SMILES string of the molecule is CC1(C)c2ccccc2Nc2[se]ccc21. The first-order valence-corrected chi connectivity index (χ1v) is 6.98. The van der Waals surface area contributed by atoms with Crippen molar-refractivity contribution in [1.29, 1.82) is 0 Å². The zero-order valence-electron chi connectivity index (χ0n) is 8.87. The van der Waals surface area contributed by atoms with E-state index in [1.807, 2.05) is 0 Å². The third-order valence-corrected chi connectivity index (χ3v) is 4.93. The fraction of sp³-hybridized carbons (Fsp3) is 0.231. The molecule has 0 unspecified atom stereocenters. The monoisotopic (exact) mass is 263 g/mol. The second kappa shape index (κ2) is 3.00. The molecule has 0 atom stereocenters. The molecule has 0 fully saturated rings. The summed E-state index contributed by atoms with van der Waals surface area (Å²) < 4.78 is 1.44. The summed E-state index contributed by atoms with van der Waals surface area (Å²) in [7, 11) is 0. The first-order valence-electron chi connectivity index (χ1n) is 5.14. The van der Waals surface area contributed by atoms with Gasteiger partial charge in [0.1, 0.15) is 0 Å². The Labute approximate surface area is 95.9 Å². The molecule has 1 aromatic heterocycles. The van der Waals surface area contributed by atoms with Gasteiger partial charge in [-0.1, -0.05) is 0 Å². The van der Waals surface area contributed by atoms with Gasteiger partial charge in [0.05, 0.1) is 0 Å². The van der Waals surface area contributed by atoms with Crippen molar-refractivity contribution in [2.45, 2.75) is 19.3 Å². The molecule has 1 nitrogen and oxygen atoms in total. The summed E-state index contributed by atoms with van der Waals surface area (Å²) >= 11 is 0.500. The van der Waals surface area contributed by atoms with Gasteiger partial charge in [0.15, 0.2) is 0 Å². The fourth-order valence-corrected chi connectivity index (χ4v) is 4.32. The van der Waals surface area contributed by atoms with E-state index >= 15 is 0 Å². The standard InChI is InChI=1S/C13H13NSe/c1-13(2)9-5-3-4-6-11(9)14-12-10(13)7-8-15-12/h3-8,14H,1-2H3. The van der Waals surface area contributed by atoms with Crippen LogP contribution in [0.25, 0.3) is 0 Å². The summed E-state index contributed by atoms with van der Waals surface area (Å²) in [5.41, 5.74) is 4.32. The molecule has 1 N–H and O–H groups in total. The first kappa shape index (κ1) is 9.26. The van der Waals surface area contributed by atoms with Crippen molar-refractivity contribution >= 4 is 24.8 Å². The van der Waals surface area contributed by atoms with E-state index in [9.17, 15) is 0 Å². The normalized spacial score (nSPS) is 16.4. The Bertz CT molecular complexity index is 511. The average Bonchev–Trinajstić information content (AvgIpc) is 2.67. The number of para-hydroxylation sites is 1. The molecule has 1 aromatic carbocycles. The van der Waals surface area contributed by atoms with Crippen molar-refractivity contribution < 1.29 is 0 Å². The molecule has 2 heterocycles. The van der Waals surface area contributed by atoms with Crippen molar-refractivity contribution in [3.63, 3.8) is 0 Å². The third-order valence-electron chi connectivity index (χ3n) is 3.19. The van der Waals surface area contributed by atoms with E-state index < -0.39 is 0 Å². The molecule has 1 aliphatic heterocycles. The molecule has 15 heavy (non-hydrogen) atoms. The van der Waals surface area contributed by atoms with Gasteiger partial charge >= 0.3 is 95.7 Å². The number of hydrogen-bond donors (Lipinski definition) is 1. The third kappa shape index (κ3) is 1.22. The van der Waals surface area contributed by atoms with Crippen molar-refractivity contribution in [3.8, 4) is 0 Å². The van der Waals surface area contributed by atoms with Gasteiger partial charge in [0, 0.05) is 0 Å². The van der Waals surface area contributed by atoms with Crippen LogP contribution >= 0.6 is 0 Å². The molecule has 3 rings (SSSR count). The molecule has 0 spiro atoms. The van der Waals surface area contributed by atoms with Crippen LogP contribution in [0.2, 0.25) is 0 Å². The molecule has 2 heteroatoms. The number of rotatable bonds is 0. The van der Waals surface area contributed by atoms with Crippen LogP contribution in [0, 0.1) is 0 Å². The second-order valence-electron chi connectivity index (χ2n) is 4.46. The average molecular weight is 262 g/mol. The van der Waals surface area contributed by atoms with Gasteiger partial charge in [-0.3, -0.25) is 0 Å². The Morgan fingerprint density at radius 3 is 2.73 bits per heavy atom. The predicted molar refractivity (Wildman–Crippen MR) is 65.2 cm³/mol. The Morgan fingerprint density at radius 1 is 1.07 bits per heavy atom. The summed E-state index contributed by atoms with van der Waals surface area (Å²) in [6, 6.07) is 10.9. The van der Waals surface area contributed by atoms with Crippen molar-refractivity contribution in [2.24, 2.45) is 0 Å². The summed E-state index contributed by atoms with van der Waals surface area (Å²) in [5, 5.41) is 3.56. The van der Waals surface area contributed by atoms with Crippen LogP contribution in [0.3, 0.4) is 0 Å². The van der Waals surface area contributed by atoms with Gasteiger partial charge < -0.3 is 0 Å². The van der Waals surface area contributed by atoms with E-state index in [2.05, 4.69) is 54.4 Å². The molecule has 0 saturated heterocycles. The van der Waals surface area contributed by atoms with E-state index in [1.54, 1.807) is 0 Å². The summed E-state index contributed by atoms with van der Waals surface area (Å²) in [4.78, 5) is 2.30. The minimum absolute atomic E-state index is 0.159. The molecule has 0 amide bonds. The molecule has 2 aromatic rings. The van der Waals surface area contributed by atoms with E-state index in [4.69, 9.17) is 0 Å². The number of anilines is 2. The first-order chi connectivity index (χ1) is 7.19. The molecular weight excluding hydrogens is 249 g/mol. The van der Waals surface area contributed by atoms with E-state index in [0.29, 0.717) is 14.5 Å². The van der Waals surface area contributed by atoms with Crippen LogP contribution in [0.15, 0.2) is 35.3 Å². The Hall–Kier alpha value is -0.981. The second-order valence-corrected chi connectivity index (χ2v) is 6.38. The summed E-state index contributed by atoms with van der Waals surface area (Å²) in [6.45, 7) is 4.63. The van der Waals surface area contributed by atoms with Gasteiger partial charge in [-0.15, -0.1) is 0 Å². The zero-order valence-corrected chi connectivity index (χ0v) is 10.6. The van der Waals surface area contributed by atoms with Crippen molar-refractivity contribution in [2.75, 3.05) is 5.32 Å². The summed E-state index contributed by atoms with van der Waals surface area (Å²) in [5.74, 6) is 0. The van der Waals surface area contributed by atoms with Gasteiger partial charge in [0.2, 0.25) is 0 Å². The number of hydrogen-bond acceptors (Lipinski definition) is 1. The molecule has 0 radical (unpaired) electrons. The van der Waals surface area contributed by atoms with E-state index in [1.165, 1.54) is 21.4 Å². The van der Waals surface area contributed by atoms with Gasteiger partial charge in [-0.05, 0) is 0 Å². The van der Waals surface area contributed by atoms with Crippen LogP contribution in [-0.4, -0.2) is 14.5 Å². The molecule has 0 aliphatic carbocycles. The molecule has 1 aliphatic rings. The molecule has 0 bridgehead atoms. The minimum atomic E-state index is 0.159. The van der Waals surface area contributed by atoms with Crippen LogP contribution in [0.1, 0.15) is 25.0 Å². The Morgan fingerprint density at radius 2 is 1.87 bits per heavy atom. The van der Waals surface area contributed by atoms with Gasteiger partial charge in [-0.25, -0.2) is 0 Å². The van der Waals surface area contributed by atoms with Crippen molar-refractivity contribution in [3.05, 3.63) is 46.4 Å². The molecule has 76 valence electrons. The van der Waals surface area contributed by atoms with Gasteiger partial charge in [-0.2, -0.15) is 0 Å². The quantitative estimate of drug-likeness (QED) is 0.719. The Kier molecular flexibility index (Phi) is 1.85. The number of benzene rings is 1. The molecule has 0 saturated carbocycles. The van der Waals surface area contributed by atoms with Crippen LogP contribution in [0.5, 0.6) is 0 Å². The predicted octanol–water partition coefficient (Wildman–Crippen LogP) is 3.13. The van der Waals surface area contributed by atoms with Gasteiger partial charge in [0.25, 0.3) is 0 Å². The van der Waals surface area contributed by atoms with Crippen molar-refractivity contribution in [1.82, 2.24) is 0 Å². The maximum atomic E-state index is 3.56. The zero-order chi connectivity index (χ0) is 10.5. The van der Waals surface area contributed by atoms with Crippen LogP contribution < -0.4 is 5.32 Å². The van der Waals surface area contributed by atoms with E-state index in [-0.39, 0.29) is 5.41 Å². The summed E-state index contributed by atoms with van der Waals surface area (Å²) in [6.07, 6.45) is 0. The van der Waals surface area contributed by atoms with Crippen LogP contribution in [-0.2, 0) is 5.41 Å². The number of nitrogens with one attached hydrogen (secondary N) is 1. The Balaban J connectivity index is 2.29. The van der Waals surface area contributed by atoms with E-state index in [0.717, 1.165) is 0 Å². The fourth-order valence-electron chi connectivity index (χ4n) is 2.30. The number of fused-ring (bicyclic) bond motifs is 2. The maximum absolute atomic E-state index is 3.56. The van der Waals surface area contributed by atoms with Crippen LogP contribution in [0.4, 0.5) is 10.2 Å². The molecular formula is C13H13NSe. The topological polar surface area (TPSA) is 12.0 Å².